The van der Waals surface area contributed by atoms with E-state index in [0.29, 0.717) is 0 Å². The van der Waals surface area contributed by atoms with Crippen molar-refractivity contribution >= 4 is 23.4 Å². The molecule has 0 saturated heterocycles. The first-order chi connectivity index (χ1) is 16.6. The number of carbonyl (C=O) groups excluding carboxylic acids is 1. The topological polar surface area (TPSA) is 75.6 Å². The molecule has 0 saturated carbocycles. The number of carboxylic acids is 1. The molecule has 1 heterocycles. The minimum absolute atomic E-state index is 0.0824. The first-order valence-corrected chi connectivity index (χ1v) is 12.0. The fourth-order valence-corrected chi connectivity index (χ4v) is 5.36. The van der Waals surface area contributed by atoms with Crippen molar-refractivity contribution in [1.82, 2.24) is 5.32 Å². The van der Waals surface area contributed by atoms with E-state index in [-0.39, 0.29) is 18.9 Å². The van der Waals surface area contributed by atoms with E-state index in [1.54, 1.807) is 11.3 Å². The van der Waals surface area contributed by atoms with Gasteiger partial charge in [0, 0.05) is 17.2 Å². The summed E-state index contributed by atoms with van der Waals surface area (Å²) < 4.78 is 5.55. The van der Waals surface area contributed by atoms with E-state index in [2.05, 4.69) is 17.4 Å². The van der Waals surface area contributed by atoms with Gasteiger partial charge < -0.3 is 15.2 Å². The molecule has 3 aromatic carbocycles. The Bertz CT molecular complexity index is 1290. The lowest BCUT2D eigenvalue weighted by atomic mass is 9.98. The third-order valence-electron chi connectivity index (χ3n) is 6.16. The average Bonchev–Trinajstić information content (AvgIpc) is 3.49. The Morgan fingerprint density at radius 1 is 0.853 bits per heavy atom. The van der Waals surface area contributed by atoms with Gasteiger partial charge in [-0.3, -0.25) is 0 Å². The van der Waals surface area contributed by atoms with Gasteiger partial charge in [0.05, 0.1) is 0 Å². The zero-order chi connectivity index (χ0) is 23.5. The highest BCUT2D eigenvalue weighted by Crippen LogP contribution is 2.44. The Labute approximate surface area is 201 Å². The maximum atomic E-state index is 12.6. The molecule has 170 valence electrons. The molecule has 0 radical (unpaired) electrons. The van der Waals surface area contributed by atoms with E-state index in [9.17, 15) is 14.7 Å². The van der Waals surface area contributed by atoms with Gasteiger partial charge in [-0.1, -0.05) is 78.9 Å². The molecule has 5 nitrogen and oxygen atoms in total. The van der Waals surface area contributed by atoms with Crippen molar-refractivity contribution in [2.45, 2.75) is 18.4 Å². The summed E-state index contributed by atoms with van der Waals surface area (Å²) in [5.41, 5.74) is 6.32. The largest absolute Gasteiger partial charge is 0.480 e. The van der Waals surface area contributed by atoms with Crippen LogP contribution in [0.15, 0.2) is 90.3 Å². The maximum absolute atomic E-state index is 12.6. The molecule has 0 aliphatic heterocycles. The van der Waals surface area contributed by atoms with Crippen molar-refractivity contribution in [1.29, 1.82) is 0 Å². The van der Waals surface area contributed by atoms with E-state index in [0.717, 1.165) is 38.3 Å². The van der Waals surface area contributed by atoms with Crippen LogP contribution in [0.5, 0.6) is 0 Å². The van der Waals surface area contributed by atoms with Crippen LogP contribution in [0.2, 0.25) is 0 Å². The highest BCUT2D eigenvalue weighted by atomic mass is 32.1. The second-order valence-electron chi connectivity index (χ2n) is 8.20. The fourth-order valence-electron chi connectivity index (χ4n) is 4.57. The highest BCUT2D eigenvalue weighted by Gasteiger charge is 2.30. The van der Waals surface area contributed by atoms with Crippen molar-refractivity contribution in [3.05, 3.63) is 107 Å². The van der Waals surface area contributed by atoms with Gasteiger partial charge in [0.1, 0.15) is 12.6 Å². The minimum Gasteiger partial charge on any atom is -0.480 e. The summed E-state index contributed by atoms with van der Waals surface area (Å²) in [4.78, 5) is 25.7. The summed E-state index contributed by atoms with van der Waals surface area (Å²) in [5.74, 6) is -1.18. The van der Waals surface area contributed by atoms with Gasteiger partial charge in [0.15, 0.2) is 0 Å². The molecule has 0 bridgehead atoms. The second kappa shape index (κ2) is 9.53. The zero-order valence-electron chi connectivity index (χ0n) is 18.3. The number of carbonyl (C=O) groups is 2. The molecule has 0 spiro atoms. The Balaban J connectivity index is 1.28. The second-order valence-corrected chi connectivity index (χ2v) is 9.15. The molecule has 1 aliphatic carbocycles. The number of amides is 1. The summed E-state index contributed by atoms with van der Waals surface area (Å²) >= 11 is 1.59. The Hall–Kier alpha value is -3.90. The van der Waals surface area contributed by atoms with Crippen LogP contribution in [0.4, 0.5) is 4.79 Å². The fraction of sp³-hybridized carbons (Fsp3) is 0.143. The van der Waals surface area contributed by atoms with Gasteiger partial charge in [-0.25, -0.2) is 9.59 Å². The van der Waals surface area contributed by atoms with Gasteiger partial charge in [-0.15, -0.1) is 11.3 Å². The standard InChI is InChI=1S/C28H23NO4S/c30-27(31)25(16-18-8-1-2-9-19(18)26-14-7-15-34-26)29-28(32)33-17-24-22-12-5-3-10-20(22)21-11-4-6-13-23(21)24/h1-15,24-25H,16-17H2,(H,29,32)(H,30,31). The SMILES string of the molecule is O=C(NC(Cc1ccccc1-c1cccs1)C(=O)O)OCC1c2ccccc2-c2ccccc21. The molecule has 6 heteroatoms. The summed E-state index contributed by atoms with van der Waals surface area (Å²) in [5, 5.41) is 14.3. The Morgan fingerprint density at radius 3 is 2.09 bits per heavy atom. The van der Waals surface area contributed by atoms with Crippen LogP contribution in [-0.2, 0) is 16.0 Å². The molecule has 4 aromatic rings. The normalized spacial score (nSPS) is 13.1. The number of fused-ring (bicyclic) bond motifs is 3. The van der Waals surface area contributed by atoms with E-state index < -0.39 is 18.1 Å². The molecular weight excluding hydrogens is 446 g/mol. The van der Waals surface area contributed by atoms with E-state index in [1.165, 1.54) is 0 Å². The molecule has 1 atom stereocenters. The minimum atomic E-state index is -1.10. The lowest BCUT2D eigenvalue weighted by Crippen LogP contribution is -2.43. The summed E-state index contributed by atoms with van der Waals surface area (Å²) in [7, 11) is 0. The van der Waals surface area contributed by atoms with Crippen molar-refractivity contribution < 1.29 is 19.4 Å². The van der Waals surface area contributed by atoms with Crippen LogP contribution in [0.1, 0.15) is 22.6 Å². The maximum Gasteiger partial charge on any atom is 0.407 e. The van der Waals surface area contributed by atoms with Crippen molar-refractivity contribution in [3.63, 3.8) is 0 Å². The molecule has 1 aromatic heterocycles. The first-order valence-electron chi connectivity index (χ1n) is 11.1. The molecule has 0 fully saturated rings. The number of rotatable bonds is 7. The number of hydrogen-bond donors (Lipinski definition) is 2. The van der Waals surface area contributed by atoms with Crippen LogP contribution < -0.4 is 5.32 Å². The van der Waals surface area contributed by atoms with Crippen molar-refractivity contribution in [2.75, 3.05) is 6.61 Å². The molecule has 34 heavy (non-hydrogen) atoms. The Kier molecular flexibility index (Phi) is 6.14. The predicted octanol–water partition coefficient (Wildman–Crippen LogP) is 5.95. The first kappa shape index (κ1) is 21.9. The zero-order valence-corrected chi connectivity index (χ0v) is 19.1. The molecule has 2 N–H and O–H groups in total. The number of nitrogens with one attached hydrogen (secondary N) is 1. The van der Waals surface area contributed by atoms with Crippen LogP contribution in [0.25, 0.3) is 21.6 Å². The summed E-state index contributed by atoms with van der Waals surface area (Å²) in [6.07, 6.45) is -0.573. The third-order valence-corrected chi connectivity index (χ3v) is 7.07. The lowest BCUT2D eigenvalue weighted by Gasteiger charge is -2.18. The van der Waals surface area contributed by atoms with E-state index >= 15 is 0 Å². The number of thiophene rings is 1. The number of aliphatic carboxylic acids is 1. The van der Waals surface area contributed by atoms with Crippen molar-refractivity contribution in [2.24, 2.45) is 0 Å². The van der Waals surface area contributed by atoms with Gasteiger partial charge in [-0.2, -0.15) is 0 Å². The van der Waals surface area contributed by atoms with Crippen LogP contribution >= 0.6 is 11.3 Å². The van der Waals surface area contributed by atoms with Crippen LogP contribution in [-0.4, -0.2) is 29.8 Å². The average molecular weight is 470 g/mol. The lowest BCUT2D eigenvalue weighted by molar-refractivity contribution is -0.139. The number of carboxylic acid groups (broad SMARTS) is 1. The predicted molar refractivity (Wildman–Crippen MR) is 133 cm³/mol. The molecule has 1 aliphatic rings. The van der Waals surface area contributed by atoms with Crippen LogP contribution in [0.3, 0.4) is 0 Å². The Morgan fingerprint density at radius 2 is 1.47 bits per heavy atom. The highest BCUT2D eigenvalue weighted by molar-refractivity contribution is 7.13. The summed E-state index contributed by atoms with van der Waals surface area (Å²) in [6.45, 7) is 0.137. The van der Waals surface area contributed by atoms with Gasteiger partial charge >= 0.3 is 12.1 Å². The smallest absolute Gasteiger partial charge is 0.407 e. The molecule has 5 rings (SSSR count). The van der Waals surface area contributed by atoms with Gasteiger partial charge in [-0.05, 0) is 44.8 Å². The van der Waals surface area contributed by atoms with Crippen molar-refractivity contribution in [3.8, 4) is 21.6 Å². The van der Waals surface area contributed by atoms with E-state index in [4.69, 9.17) is 4.74 Å². The number of hydrogen-bond acceptors (Lipinski definition) is 4. The number of alkyl carbamates (subject to hydrolysis) is 1. The molecule has 1 unspecified atom stereocenters. The number of benzene rings is 3. The molecule has 1 amide bonds. The van der Waals surface area contributed by atoms with Crippen LogP contribution in [0, 0.1) is 0 Å². The van der Waals surface area contributed by atoms with E-state index in [1.807, 2.05) is 78.2 Å². The van der Waals surface area contributed by atoms with Gasteiger partial charge in [0.2, 0.25) is 0 Å². The quantitative estimate of drug-likeness (QED) is 0.351. The molecular formula is C28H23NO4S. The monoisotopic (exact) mass is 469 g/mol. The third kappa shape index (κ3) is 4.32. The summed E-state index contributed by atoms with van der Waals surface area (Å²) in [6, 6.07) is 26.7. The number of ether oxygens (including phenoxy) is 1. The van der Waals surface area contributed by atoms with Gasteiger partial charge in [0.25, 0.3) is 0 Å².